The van der Waals surface area contributed by atoms with Crippen LogP contribution in [-0.4, -0.2) is 53.2 Å². The average Bonchev–Trinajstić information content (AvgIpc) is 3.09. The van der Waals surface area contributed by atoms with E-state index in [1.165, 1.54) is 5.69 Å². The summed E-state index contributed by atoms with van der Waals surface area (Å²) in [6, 6.07) is 8.15. The van der Waals surface area contributed by atoms with Crippen LogP contribution in [0.1, 0.15) is 0 Å². The Balaban J connectivity index is 1.51. The number of nitrogens with two attached hydrogens (primary N) is 1. The van der Waals surface area contributed by atoms with Gasteiger partial charge in [-0.1, -0.05) is 0 Å². The van der Waals surface area contributed by atoms with E-state index in [0.29, 0.717) is 5.65 Å². The van der Waals surface area contributed by atoms with Crippen LogP contribution in [0, 0.1) is 0 Å². The first-order chi connectivity index (χ1) is 11.7. The van der Waals surface area contributed by atoms with Gasteiger partial charge in [0.15, 0.2) is 11.5 Å². The molecule has 0 aliphatic carbocycles. The fourth-order valence-corrected chi connectivity index (χ4v) is 3.03. The number of hydrogen-bond acceptors (Lipinski definition) is 7. The minimum atomic E-state index is 0.252. The number of imidazole rings is 1. The van der Waals surface area contributed by atoms with Crippen LogP contribution in [0.3, 0.4) is 0 Å². The second kappa shape index (κ2) is 5.88. The molecular weight excluding hydrogens is 306 g/mol. The highest BCUT2D eigenvalue weighted by Crippen LogP contribution is 2.25. The summed E-state index contributed by atoms with van der Waals surface area (Å²) in [6.07, 6.45) is 1.62. The van der Waals surface area contributed by atoms with Crippen LogP contribution >= 0.6 is 0 Å². The number of nitrogens with zero attached hydrogens (tertiary/aromatic N) is 5. The second-order valence-electron chi connectivity index (χ2n) is 5.68. The molecule has 1 aliphatic rings. The maximum Gasteiger partial charge on any atom is 0.224 e. The summed E-state index contributed by atoms with van der Waals surface area (Å²) in [5.41, 5.74) is 8.45. The number of ether oxygens (including phenoxy) is 1. The molecule has 1 saturated heterocycles. The molecule has 124 valence electrons. The van der Waals surface area contributed by atoms with Crippen molar-refractivity contribution in [2.75, 3.05) is 48.8 Å². The minimum Gasteiger partial charge on any atom is -0.497 e. The number of H-pyrrole nitrogens is 1. The van der Waals surface area contributed by atoms with Gasteiger partial charge in [-0.3, -0.25) is 0 Å². The summed E-state index contributed by atoms with van der Waals surface area (Å²) in [4.78, 5) is 20.4. The molecule has 0 unspecified atom stereocenters. The molecule has 1 aliphatic heterocycles. The predicted molar refractivity (Wildman–Crippen MR) is 93.5 cm³/mol. The zero-order chi connectivity index (χ0) is 16.5. The Morgan fingerprint density at radius 1 is 1.04 bits per heavy atom. The number of fused-ring (bicyclic) bond motifs is 1. The minimum absolute atomic E-state index is 0.252. The van der Waals surface area contributed by atoms with Crippen LogP contribution < -0.4 is 20.3 Å². The molecule has 1 fully saturated rings. The molecular formula is C16H19N7O. The van der Waals surface area contributed by atoms with Gasteiger partial charge in [0.25, 0.3) is 0 Å². The third-order valence-corrected chi connectivity index (χ3v) is 4.30. The second-order valence-corrected chi connectivity index (χ2v) is 5.68. The van der Waals surface area contributed by atoms with Gasteiger partial charge in [0.1, 0.15) is 11.3 Å². The number of aromatic amines is 1. The van der Waals surface area contributed by atoms with E-state index in [-0.39, 0.29) is 5.95 Å². The number of benzene rings is 1. The first-order valence-electron chi connectivity index (χ1n) is 7.85. The molecule has 0 spiro atoms. The van der Waals surface area contributed by atoms with Crippen LogP contribution in [-0.2, 0) is 0 Å². The highest BCUT2D eigenvalue weighted by Gasteiger charge is 2.21. The molecule has 4 rings (SSSR count). The number of nitrogens with one attached hydrogen (secondary N) is 1. The van der Waals surface area contributed by atoms with Crippen molar-refractivity contribution < 1.29 is 4.74 Å². The van der Waals surface area contributed by atoms with Crippen molar-refractivity contribution in [3.8, 4) is 5.75 Å². The number of hydrogen-bond donors (Lipinski definition) is 2. The van der Waals surface area contributed by atoms with Gasteiger partial charge >= 0.3 is 0 Å². The molecule has 8 nitrogen and oxygen atoms in total. The van der Waals surface area contributed by atoms with Crippen LogP contribution in [0.25, 0.3) is 11.2 Å². The highest BCUT2D eigenvalue weighted by atomic mass is 16.5. The molecule has 0 bridgehead atoms. The molecule has 0 radical (unpaired) electrons. The number of piperazine rings is 1. The van der Waals surface area contributed by atoms with Crippen LogP contribution in [0.5, 0.6) is 5.75 Å². The topological polar surface area (TPSA) is 96.2 Å². The van der Waals surface area contributed by atoms with Crippen molar-refractivity contribution >= 4 is 28.6 Å². The quantitative estimate of drug-likeness (QED) is 0.748. The Kier molecular flexibility index (Phi) is 3.56. The van der Waals surface area contributed by atoms with Gasteiger partial charge in [0.2, 0.25) is 5.95 Å². The van der Waals surface area contributed by atoms with Crippen molar-refractivity contribution in [1.29, 1.82) is 0 Å². The van der Waals surface area contributed by atoms with E-state index in [9.17, 15) is 0 Å². The number of rotatable bonds is 3. The van der Waals surface area contributed by atoms with Gasteiger partial charge < -0.3 is 25.3 Å². The highest BCUT2D eigenvalue weighted by molar-refractivity contribution is 5.84. The molecule has 24 heavy (non-hydrogen) atoms. The van der Waals surface area contributed by atoms with Crippen LogP contribution in [0.15, 0.2) is 30.6 Å². The number of methoxy groups -OCH3 is 1. The summed E-state index contributed by atoms with van der Waals surface area (Å²) < 4.78 is 5.21. The Labute approximate surface area is 139 Å². The van der Waals surface area contributed by atoms with E-state index in [1.807, 2.05) is 12.1 Å². The summed E-state index contributed by atoms with van der Waals surface area (Å²) in [6.45, 7) is 3.53. The first kappa shape index (κ1) is 14.6. The molecule has 3 heterocycles. The predicted octanol–water partition coefficient (Wildman–Crippen LogP) is 1.27. The largest absolute Gasteiger partial charge is 0.497 e. The van der Waals surface area contributed by atoms with Crippen LogP contribution in [0.4, 0.5) is 17.5 Å². The zero-order valence-electron chi connectivity index (χ0n) is 13.4. The number of aromatic nitrogens is 4. The van der Waals surface area contributed by atoms with E-state index in [1.54, 1.807) is 13.4 Å². The van der Waals surface area contributed by atoms with E-state index in [0.717, 1.165) is 43.3 Å². The van der Waals surface area contributed by atoms with E-state index >= 15 is 0 Å². The summed E-state index contributed by atoms with van der Waals surface area (Å²) in [7, 11) is 1.68. The smallest absolute Gasteiger partial charge is 0.224 e. The van der Waals surface area contributed by atoms with Gasteiger partial charge in [0.05, 0.1) is 13.4 Å². The lowest BCUT2D eigenvalue weighted by Crippen LogP contribution is -2.47. The number of anilines is 3. The molecule has 8 heteroatoms. The van der Waals surface area contributed by atoms with Crippen molar-refractivity contribution in [3.05, 3.63) is 30.6 Å². The van der Waals surface area contributed by atoms with Crippen LogP contribution in [0.2, 0.25) is 0 Å². The first-order valence-corrected chi connectivity index (χ1v) is 7.85. The Morgan fingerprint density at radius 2 is 1.75 bits per heavy atom. The summed E-state index contributed by atoms with van der Waals surface area (Å²) in [5.74, 6) is 1.95. The Hall–Kier alpha value is -3.03. The van der Waals surface area contributed by atoms with E-state index in [4.69, 9.17) is 10.5 Å². The molecule has 0 atom stereocenters. The zero-order valence-corrected chi connectivity index (χ0v) is 13.4. The third-order valence-electron chi connectivity index (χ3n) is 4.30. The fraction of sp³-hybridized carbons (Fsp3) is 0.312. The number of nitrogen functional groups attached to an aromatic ring is 1. The normalized spacial score (nSPS) is 15.0. The van der Waals surface area contributed by atoms with Gasteiger partial charge in [-0.25, -0.2) is 4.98 Å². The van der Waals surface area contributed by atoms with Crippen molar-refractivity contribution in [3.63, 3.8) is 0 Å². The lowest BCUT2D eigenvalue weighted by Gasteiger charge is -2.36. The van der Waals surface area contributed by atoms with Crippen molar-refractivity contribution in [1.82, 2.24) is 19.9 Å². The lowest BCUT2D eigenvalue weighted by atomic mass is 10.2. The summed E-state index contributed by atoms with van der Waals surface area (Å²) >= 11 is 0. The molecule has 2 aromatic heterocycles. The standard InChI is InChI=1S/C16H19N7O/c1-24-12-4-2-11(3-5-12)22-6-8-23(9-7-22)15-13-14(19-10-18-13)20-16(17)21-15/h2-5,10H,6-9H2,1H3,(H3,17,18,19,20,21). The Bertz CT molecular complexity index is 837. The molecule has 0 saturated carbocycles. The average molecular weight is 325 g/mol. The molecule has 1 aromatic carbocycles. The molecule has 3 aromatic rings. The molecule has 3 N–H and O–H groups in total. The third kappa shape index (κ3) is 2.55. The monoisotopic (exact) mass is 325 g/mol. The maximum atomic E-state index is 5.81. The SMILES string of the molecule is COc1ccc(N2CCN(c3nc(N)nc4nc[nH]c34)CC2)cc1. The van der Waals surface area contributed by atoms with Gasteiger partial charge in [-0.05, 0) is 24.3 Å². The van der Waals surface area contributed by atoms with E-state index in [2.05, 4.69) is 41.9 Å². The molecule has 0 amide bonds. The lowest BCUT2D eigenvalue weighted by molar-refractivity contribution is 0.415. The van der Waals surface area contributed by atoms with Crippen molar-refractivity contribution in [2.24, 2.45) is 0 Å². The van der Waals surface area contributed by atoms with Gasteiger partial charge in [0, 0.05) is 31.9 Å². The van der Waals surface area contributed by atoms with E-state index < -0.39 is 0 Å². The van der Waals surface area contributed by atoms with Gasteiger partial charge in [-0.15, -0.1) is 0 Å². The Morgan fingerprint density at radius 3 is 2.46 bits per heavy atom. The van der Waals surface area contributed by atoms with Crippen molar-refractivity contribution in [2.45, 2.75) is 0 Å². The summed E-state index contributed by atoms with van der Waals surface area (Å²) in [5, 5.41) is 0. The maximum absolute atomic E-state index is 5.81. The fourth-order valence-electron chi connectivity index (χ4n) is 3.03. The van der Waals surface area contributed by atoms with Gasteiger partial charge in [-0.2, -0.15) is 9.97 Å².